The van der Waals surface area contributed by atoms with Gasteiger partial charge in [-0.15, -0.1) is 6.58 Å². The molecule has 2 aliphatic heterocycles. The SMILES string of the molecule is C=CC1CC1(NC(=O)[C@@H]1C[C@@H](NC(=O)c2cc(-c3ccccc3)nc3ccccc23)CN1C(=O)[C@@H](CC(=O)N1CCCCC1)C(C)(C)C)C(=O)NS(=O)(=O)C1CC1. The molecule has 5 amide bonds. The normalized spacial score (nSPS) is 24.0. The highest BCUT2D eigenvalue weighted by Gasteiger charge is 2.62. The number of para-hydroxylation sites is 1. The number of hydrogen-bond donors (Lipinski definition) is 3. The molecule has 0 radical (unpaired) electrons. The average Bonchev–Trinajstić information content (AvgIpc) is 4.13. The van der Waals surface area contributed by atoms with Gasteiger partial charge in [0.25, 0.3) is 11.8 Å². The van der Waals surface area contributed by atoms with E-state index in [9.17, 15) is 32.4 Å². The summed E-state index contributed by atoms with van der Waals surface area (Å²) in [5.74, 6) is -3.75. The molecule has 302 valence electrons. The van der Waals surface area contributed by atoms with Crippen LogP contribution >= 0.6 is 0 Å². The largest absolute Gasteiger partial charge is 0.347 e. The minimum atomic E-state index is -3.91. The maximum atomic E-state index is 14.8. The van der Waals surface area contributed by atoms with Crippen LogP contribution in [0.4, 0.5) is 0 Å². The Morgan fingerprint density at radius 3 is 2.32 bits per heavy atom. The Hall–Kier alpha value is -5.11. The molecule has 4 aliphatic rings. The van der Waals surface area contributed by atoms with Gasteiger partial charge in [0, 0.05) is 49.0 Å². The molecule has 5 atom stereocenters. The Labute approximate surface area is 334 Å². The zero-order chi connectivity index (χ0) is 40.7. The van der Waals surface area contributed by atoms with Gasteiger partial charge in [0.1, 0.15) is 11.6 Å². The van der Waals surface area contributed by atoms with Crippen molar-refractivity contribution in [1.29, 1.82) is 0 Å². The molecular weight excluding hydrogens is 745 g/mol. The molecule has 57 heavy (non-hydrogen) atoms. The number of fused-ring (bicyclic) bond motifs is 1. The Morgan fingerprint density at radius 1 is 0.982 bits per heavy atom. The van der Waals surface area contributed by atoms with E-state index < -0.39 is 73.8 Å². The van der Waals surface area contributed by atoms with Crippen molar-refractivity contribution in [2.45, 2.75) is 95.0 Å². The van der Waals surface area contributed by atoms with E-state index in [1.807, 2.05) is 75.4 Å². The molecule has 2 aliphatic carbocycles. The van der Waals surface area contributed by atoms with Crippen LogP contribution in [0.1, 0.15) is 82.5 Å². The number of likely N-dealkylation sites (tertiary alicyclic amines) is 2. The van der Waals surface area contributed by atoms with Crippen molar-refractivity contribution in [3.05, 3.63) is 78.9 Å². The maximum Gasteiger partial charge on any atom is 0.259 e. The monoisotopic (exact) mass is 796 g/mol. The second-order valence-electron chi connectivity index (χ2n) is 17.1. The van der Waals surface area contributed by atoms with Crippen molar-refractivity contribution in [2.75, 3.05) is 19.6 Å². The summed E-state index contributed by atoms with van der Waals surface area (Å²) in [6, 6.07) is 16.8. The minimum absolute atomic E-state index is 0.0195. The summed E-state index contributed by atoms with van der Waals surface area (Å²) in [6.07, 6.45) is 5.39. The van der Waals surface area contributed by atoms with Crippen LogP contribution in [0.2, 0.25) is 0 Å². The first-order valence-electron chi connectivity index (χ1n) is 20.0. The molecule has 3 heterocycles. The molecule has 13 nitrogen and oxygen atoms in total. The Bertz CT molecular complexity index is 2200. The van der Waals surface area contributed by atoms with Crippen molar-refractivity contribution in [3.8, 4) is 11.3 Å². The first kappa shape index (κ1) is 40.1. The number of rotatable bonds is 12. The fourth-order valence-electron chi connectivity index (χ4n) is 8.25. The molecule has 2 saturated carbocycles. The fourth-order valence-corrected chi connectivity index (χ4v) is 9.61. The number of benzene rings is 2. The zero-order valence-electron chi connectivity index (χ0n) is 32.8. The lowest BCUT2D eigenvalue weighted by Gasteiger charge is -2.36. The molecule has 2 unspecified atom stereocenters. The standard InChI is InChI=1S/C43H52N6O7S/c1-5-28-25-43(28,41(54)47-57(55,56)30-18-19-30)46-39(52)36-22-29(26-49(36)40(53)33(42(2,3)4)24-37(50)48-20-12-7-13-21-48)44-38(51)32-23-35(27-14-8-6-9-15-27)45-34-17-11-10-16-31(32)34/h5-6,8-11,14-17,23,28-30,33,36H,1,7,12-13,18-22,24-26H2,2-4H3,(H,44,51)(H,46,52)(H,47,54)/t28?,29-,33-,36+,43?/m1/s1. The molecule has 3 aromatic rings. The molecule has 2 saturated heterocycles. The van der Waals surface area contributed by atoms with Gasteiger partial charge in [-0.1, -0.05) is 75.4 Å². The van der Waals surface area contributed by atoms with Crippen LogP contribution in [0.3, 0.4) is 0 Å². The number of nitrogens with one attached hydrogen (secondary N) is 3. The number of carbonyl (C=O) groups excluding carboxylic acids is 5. The Morgan fingerprint density at radius 2 is 1.67 bits per heavy atom. The van der Waals surface area contributed by atoms with Crippen LogP contribution in [0.5, 0.6) is 0 Å². The van der Waals surface area contributed by atoms with Crippen LogP contribution in [0.25, 0.3) is 22.2 Å². The zero-order valence-corrected chi connectivity index (χ0v) is 33.6. The third kappa shape index (κ3) is 8.46. The first-order chi connectivity index (χ1) is 27.1. The topological polar surface area (TPSA) is 175 Å². The highest BCUT2D eigenvalue weighted by atomic mass is 32.2. The number of hydrogen-bond acceptors (Lipinski definition) is 8. The van der Waals surface area contributed by atoms with E-state index in [4.69, 9.17) is 4.98 Å². The van der Waals surface area contributed by atoms with Gasteiger partial charge in [-0.2, -0.15) is 0 Å². The van der Waals surface area contributed by atoms with E-state index in [-0.39, 0.29) is 31.7 Å². The highest BCUT2D eigenvalue weighted by Crippen LogP contribution is 2.46. The lowest BCUT2D eigenvalue weighted by molar-refractivity contribution is -0.148. The van der Waals surface area contributed by atoms with E-state index in [0.29, 0.717) is 48.1 Å². The quantitative estimate of drug-likeness (QED) is 0.227. The van der Waals surface area contributed by atoms with Gasteiger partial charge in [0.2, 0.25) is 27.7 Å². The molecule has 14 heteroatoms. The van der Waals surface area contributed by atoms with Gasteiger partial charge < -0.3 is 20.4 Å². The summed E-state index contributed by atoms with van der Waals surface area (Å²) in [5, 5.41) is 5.90. The molecule has 0 bridgehead atoms. The Kier molecular flexibility index (Phi) is 11.0. The third-order valence-electron chi connectivity index (χ3n) is 11.9. The van der Waals surface area contributed by atoms with Crippen LogP contribution < -0.4 is 15.4 Å². The summed E-state index contributed by atoms with van der Waals surface area (Å²) >= 11 is 0. The number of sulfonamides is 1. The van der Waals surface area contributed by atoms with E-state index in [1.54, 1.807) is 11.0 Å². The van der Waals surface area contributed by atoms with Crippen molar-refractivity contribution < 1.29 is 32.4 Å². The van der Waals surface area contributed by atoms with Crippen molar-refractivity contribution in [1.82, 2.24) is 30.1 Å². The molecule has 3 N–H and O–H groups in total. The van der Waals surface area contributed by atoms with Crippen LogP contribution in [-0.4, -0.2) is 95.2 Å². The predicted octanol–water partition coefficient (Wildman–Crippen LogP) is 4.34. The van der Waals surface area contributed by atoms with E-state index in [0.717, 1.165) is 24.8 Å². The highest BCUT2D eigenvalue weighted by molar-refractivity contribution is 7.91. The second-order valence-corrected chi connectivity index (χ2v) is 19.1. The van der Waals surface area contributed by atoms with Gasteiger partial charge >= 0.3 is 0 Å². The Balaban J connectivity index is 1.18. The summed E-state index contributed by atoms with van der Waals surface area (Å²) in [4.78, 5) is 78.7. The van der Waals surface area contributed by atoms with Gasteiger partial charge in [-0.3, -0.25) is 28.7 Å². The lowest BCUT2D eigenvalue weighted by Crippen LogP contribution is -2.57. The van der Waals surface area contributed by atoms with E-state index in [1.165, 1.54) is 11.0 Å². The summed E-state index contributed by atoms with van der Waals surface area (Å²) in [7, 11) is -3.91. The van der Waals surface area contributed by atoms with Gasteiger partial charge in [0.15, 0.2) is 0 Å². The number of amides is 5. The molecule has 0 spiro atoms. The number of aromatic nitrogens is 1. The maximum absolute atomic E-state index is 14.8. The van der Waals surface area contributed by atoms with Crippen molar-refractivity contribution in [2.24, 2.45) is 17.3 Å². The molecule has 2 aromatic carbocycles. The van der Waals surface area contributed by atoms with Gasteiger partial charge in [-0.25, -0.2) is 13.4 Å². The predicted molar refractivity (Wildman–Crippen MR) is 216 cm³/mol. The summed E-state index contributed by atoms with van der Waals surface area (Å²) < 4.78 is 27.7. The third-order valence-corrected chi connectivity index (χ3v) is 13.8. The summed E-state index contributed by atoms with van der Waals surface area (Å²) in [6.45, 7) is 10.7. The summed E-state index contributed by atoms with van der Waals surface area (Å²) in [5.41, 5.74) is 0.222. The second kappa shape index (κ2) is 15.7. The van der Waals surface area contributed by atoms with Crippen LogP contribution in [0, 0.1) is 17.3 Å². The van der Waals surface area contributed by atoms with Gasteiger partial charge in [0.05, 0.1) is 27.9 Å². The number of pyridine rings is 1. The average molecular weight is 797 g/mol. The van der Waals surface area contributed by atoms with Crippen molar-refractivity contribution in [3.63, 3.8) is 0 Å². The molecular formula is C43H52N6O7S. The number of nitrogens with zero attached hydrogens (tertiary/aromatic N) is 3. The number of carbonyl (C=O) groups is 5. The molecule has 4 fully saturated rings. The first-order valence-corrected chi connectivity index (χ1v) is 21.5. The number of piperidine rings is 1. The van der Waals surface area contributed by atoms with Gasteiger partial charge in [-0.05, 0) is 62.5 Å². The fraction of sp³-hybridized carbons (Fsp3) is 0.488. The lowest BCUT2D eigenvalue weighted by atomic mass is 9.77. The van der Waals surface area contributed by atoms with Crippen LogP contribution in [-0.2, 0) is 29.2 Å². The molecule has 1 aromatic heterocycles. The van der Waals surface area contributed by atoms with Crippen LogP contribution in [0.15, 0.2) is 73.3 Å². The molecule has 7 rings (SSSR count). The van der Waals surface area contributed by atoms with E-state index >= 15 is 0 Å². The van der Waals surface area contributed by atoms with Crippen molar-refractivity contribution >= 4 is 50.5 Å². The minimum Gasteiger partial charge on any atom is -0.347 e. The smallest absolute Gasteiger partial charge is 0.259 e. The van der Waals surface area contributed by atoms with E-state index in [2.05, 4.69) is 21.9 Å².